The maximum absolute atomic E-state index is 13.5. The first-order chi connectivity index (χ1) is 16.1. The molecule has 0 aromatic heterocycles. The van der Waals surface area contributed by atoms with E-state index in [1.807, 2.05) is 59.5 Å². The molecule has 1 unspecified atom stereocenters. The molecule has 6 heteroatoms. The highest BCUT2D eigenvalue weighted by atomic mass is 35.5. The summed E-state index contributed by atoms with van der Waals surface area (Å²) in [6.07, 6.45) is 0.607. The maximum atomic E-state index is 13.5. The monoisotopic (exact) mass is 458 g/mol. The van der Waals surface area contributed by atoms with Gasteiger partial charge in [-0.25, -0.2) is 9.89 Å². The van der Waals surface area contributed by atoms with Crippen molar-refractivity contribution in [1.29, 1.82) is 0 Å². The molecule has 2 aliphatic heterocycles. The number of hydrogen-bond acceptors (Lipinski definition) is 4. The number of amides is 1. The summed E-state index contributed by atoms with van der Waals surface area (Å²) in [5.41, 5.74) is 4.33. The Morgan fingerprint density at radius 3 is 2.09 bits per heavy atom. The molecule has 0 saturated carbocycles. The summed E-state index contributed by atoms with van der Waals surface area (Å²) < 4.78 is 0. The molecule has 0 bridgehead atoms. The number of nitrogens with zero attached hydrogens (tertiary/aromatic N) is 4. The van der Waals surface area contributed by atoms with Crippen molar-refractivity contribution in [2.24, 2.45) is 4.99 Å². The highest BCUT2D eigenvalue weighted by Crippen LogP contribution is 2.27. The zero-order valence-electron chi connectivity index (χ0n) is 18.7. The third-order valence-electron chi connectivity index (χ3n) is 6.30. The van der Waals surface area contributed by atoms with Gasteiger partial charge in [-0.3, -0.25) is 4.79 Å². The summed E-state index contributed by atoms with van der Waals surface area (Å²) >= 11 is 6.05. The van der Waals surface area contributed by atoms with Crippen LogP contribution in [0.3, 0.4) is 0 Å². The molecular weight excluding hydrogens is 432 g/mol. The number of piperazine rings is 1. The van der Waals surface area contributed by atoms with Gasteiger partial charge in [0, 0.05) is 43.3 Å². The zero-order valence-corrected chi connectivity index (χ0v) is 19.4. The average molecular weight is 459 g/mol. The van der Waals surface area contributed by atoms with Crippen molar-refractivity contribution in [3.63, 3.8) is 0 Å². The van der Waals surface area contributed by atoms with Crippen LogP contribution in [0.2, 0.25) is 5.02 Å². The van der Waals surface area contributed by atoms with Gasteiger partial charge in [0.05, 0.1) is 5.69 Å². The summed E-state index contributed by atoms with van der Waals surface area (Å²) in [5, 5.41) is 0.745. The second-order valence-corrected chi connectivity index (χ2v) is 9.03. The predicted octanol–water partition coefficient (Wildman–Crippen LogP) is 4.78. The van der Waals surface area contributed by atoms with E-state index in [0.29, 0.717) is 6.42 Å². The molecule has 168 valence electrons. The molecule has 5 rings (SSSR count). The Hall–Kier alpha value is -3.31. The maximum Gasteiger partial charge on any atom is 0.259 e. The number of aliphatic imine (C=N–C) groups is 1. The highest BCUT2D eigenvalue weighted by molar-refractivity contribution is 6.30. The smallest absolute Gasteiger partial charge is 0.259 e. The summed E-state index contributed by atoms with van der Waals surface area (Å²) in [6.45, 7) is 5.38. The lowest BCUT2D eigenvalue weighted by atomic mass is 10.1. The van der Waals surface area contributed by atoms with Gasteiger partial charge in [0.15, 0.2) is 0 Å². The predicted molar refractivity (Wildman–Crippen MR) is 135 cm³/mol. The van der Waals surface area contributed by atoms with Gasteiger partial charge in [0.25, 0.3) is 5.91 Å². The van der Waals surface area contributed by atoms with Crippen molar-refractivity contribution in [1.82, 2.24) is 4.90 Å². The summed E-state index contributed by atoms with van der Waals surface area (Å²) in [5.74, 6) is 0.804. The van der Waals surface area contributed by atoms with Gasteiger partial charge < -0.3 is 9.80 Å². The number of benzene rings is 3. The molecule has 1 atom stereocenters. The first-order valence-corrected chi connectivity index (χ1v) is 11.7. The fourth-order valence-corrected chi connectivity index (χ4v) is 4.57. The molecular formula is C27H27ClN4O. The van der Waals surface area contributed by atoms with Crippen LogP contribution in [0.15, 0.2) is 83.9 Å². The number of aryl methyl sites for hydroxylation is 1. The van der Waals surface area contributed by atoms with E-state index in [0.717, 1.165) is 48.4 Å². The topological polar surface area (TPSA) is 39.2 Å². The lowest BCUT2D eigenvalue weighted by Crippen LogP contribution is -2.53. The fraction of sp³-hybridized carbons (Fsp3) is 0.259. The number of carbonyl (C=O) groups excluding carboxylic acids is 1. The third kappa shape index (κ3) is 4.60. The van der Waals surface area contributed by atoms with Crippen LogP contribution in [0, 0.1) is 6.92 Å². The average Bonchev–Trinajstić information content (AvgIpc) is 3.17. The van der Waals surface area contributed by atoms with Crippen molar-refractivity contribution >= 4 is 34.8 Å². The van der Waals surface area contributed by atoms with Gasteiger partial charge in [-0.1, -0.05) is 59.6 Å². The molecule has 1 fully saturated rings. The number of rotatable bonds is 4. The Morgan fingerprint density at radius 2 is 1.42 bits per heavy atom. The van der Waals surface area contributed by atoms with E-state index in [-0.39, 0.29) is 5.91 Å². The Kier molecular flexibility index (Phi) is 6.05. The fourth-order valence-electron chi connectivity index (χ4n) is 4.45. The van der Waals surface area contributed by atoms with E-state index in [2.05, 4.69) is 41.0 Å². The van der Waals surface area contributed by atoms with Crippen molar-refractivity contribution in [2.75, 3.05) is 36.0 Å². The van der Waals surface area contributed by atoms with Crippen LogP contribution in [-0.4, -0.2) is 49.0 Å². The molecule has 33 heavy (non-hydrogen) atoms. The van der Waals surface area contributed by atoms with Crippen LogP contribution >= 0.6 is 11.6 Å². The van der Waals surface area contributed by atoms with Gasteiger partial charge in [0.1, 0.15) is 6.04 Å². The minimum absolute atomic E-state index is 0.0397. The second kappa shape index (κ2) is 9.28. The molecule has 0 spiro atoms. The van der Waals surface area contributed by atoms with E-state index in [1.165, 1.54) is 11.3 Å². The van der Waals surface area contributed by atoms with Crippen LogP contribution in [-0.2, 0) is 11.2 Å². The molecule has 3 aromatic rings. The minimum atomic E-state index is -0.405. The van der Waals surface area contributed by atoms with E-state index in [4.69, 9.17) is 16.6 Å². The Labute approximate surface area is 199 Å². The summed E-state index contributed by atoms with van der Waals surface area (Å²) in [7, 11) is 0. The van der Waals surface area contributed by atoms with E-state index in [9.17, 15) is 4.79 Å². The van der Waals surface area contributed by atoms with E-state index in [1.54, 1.807) is 0 Å². The van der Waals surface area contributed by atoms with Crippen LogP contribution in [0.25, 0.3) is 0 Å². The molecule has 0 radical (unpaired) electrons. The number of anilines is 2. The lowest BCUT2D eigenvalue weighted by Gasteiger charge is -2.38. The van der Waals surface area contributed by atoms with Crippen molar-refractivity contribution in [3.05, 3.63) is 95.0 Å². The summed E-state index contributed by atoms with van der Waals surface area (Å²) in [4.78, 5) is 24.9. The van der Waals surface area contributed by atoms with Crippen LogP contribution in [0.1, 0.15) is 11.1 Å². The van der Waals surface area contributed by atoms with Crippen molar-refractivity contribution < 1.29 is 4.79 Å². The number of carbonyl (C=O) groups is 1. The molecule has 0 N–H and O–H groups in total. The zero-order chi connectivity index (χ0) is 22.8. The van der Waals surface area contributed by atoms with Crippen LogP contribution < -0.4 is 9.80 Å². The molecule has 1 amide bonds. The number of guanidine groups is 1. The van der Waals surface area contributed by atoms with Gasteiger partial charge >= 0.3 is 0 Å². The van der Waals surface area contributed by atoms with E-state index >= 15 is 0 Å². The van der Waals surface area contributed by atoms with Gasteiger partial charge in [-0.2, -0.15) is 0 Å². The first-order valence-electron chi connectivity index (χ1n) is 11.4. The number of hydrogen-bond donors (Lipinski definition) is 0. The van der Waals surface area contributed by atoms with Crippen molar-refractivity contribution in [2.45, 2.75) is 19.4 Å². The molecule has 3 aromatic carbocycles. The largest absolute Gasteiger partial charge is 0.368 e. The molecule has 2 aliphatic rings. The van der Waals surface area contributed by atoms with Gasteiger partial charge in [0.2, 0.25) is 5.96 Å². The normalized spacial score (nSPS) is 18.6. The SMILES string of the molecule is Cc1ccc(N2C(=O)C(Cc3ccccc3)N=C2N2CCN(c3ccc(Cl)cc3)CC2)cc1. The standard InChI is InChI=1S/C27H27ClN4O/c1-20-7-11-24(12-8-20)32-26(33)25(19-21-5-3-2-4-6-21)29-27(32)31-17-15-30(16-18-31)23-13-9-22(28)10-14-23/h2-14,25H,15-19H2,1H3. The quantitative estimate of drug-likeness (QED) is 0.564. The Bertz CT molecular complexity index is 1140. The Morgan fingerprint density at radius 1 is 0.818 bits per heavy atom. The second-order valence-electron chi connectivity index (χ2n) is 8.59. The number of halogens is 1. The van der Waals surface area contributed by atoms with Crippen LogP contribution in [0.5, 0.6) is 0 Å². The lowest BCUT2D eigenvalue weighted by molar-refractivity contribution is -0.118. The highest BCUT2D eigenvalue weighted by Gasteiger charge is 2.39. The molecule has 0 aliphatic carbocycles. The van der Waals surface area contributed by atoms with Gasteiger partial charge in [-0.05, 0) is 48.9 Å². The first kappa shape index (κ1) is 21.5. The minimum Gasteiger partial charge on any atom is -0.368 e. The van der Waals surface area contributed by atoms with Crippen molar-refractivity contribution in [3.8, 4) is 0 Å². The van der Waals surface area contributed by atoms with Crippen LogP contribution in [0.4, 0.5) is 11.4 Å². The summed E-state index contributed by atoms with van der Waals surface area (Å²) in [6, 6.07) is 25.8. The third-order valence-corrected chi connectivity index (χ3v) is 6.55. The Balaban J connectivity index is 1.38. The molecule has 1 saturated heterocycles. The molecule has 5 nitrogen and oxygen atoms in total. The molecule has 2 heterocycles. The van der Waals surface area contributed by atoms with E-state index < -0.39 is 6.04 Å². The van der Waals surface area contributed by atoms with Gasteiger partial charge in [-0.15, -0.1) is 0 Å².